The molecule has 0 saturated carbocycles. The molecule has 6 heteroatoms. The first-order valence-corrected chi connectivity index (χ1v) is 7.44. The van der Waals surface area contributed by atoms with Crippen molar-refractivity contribution >= 4 is 22.9 Å². The minimum Gasteiger partial charge on any atom is -0.360 e. The number of aromatic nitrogens is 1. The van der Waals surface area contributed by atoms with Crippen molar-refractivity contribution in [2.24, 2.45) is 0 Å². The zero-order valence-corrected chi connectivity index (χ0v) is 12.7. The molecule has 2 heterocycles. The molecular formula is C13H18ClN3OS. The van der Waals surface area contributed by atoms with Crippen molar-refractivity contribution in [1.29, 1.82) is 0 Å². The third kappa shape index (κ3) is 4.62. The van der Waals surface area contributed by atoms with Gasteiger partial charge in [-0.25, -0.2) is 0 Å². The van der Waals surface area contributed by atoms with E-state index in [1.54, 1.807) is 11.3 Å². The molecule has 0 atom stereocenters. The molecular weight excluding hydrogens is 282 g/mol. The van der Waals surface area contributed by atoms with Gasteiger partial charge in [0.2, 0.25) is 0 Å². The Kier molecular flexibility index (Phi) is 5.39. The van der Waals surface area contributed by atoms with Crippen LogP contribution < -0.4 is 5.32 Å². The molecule has 0 unspecified atom stereocenters. The van der Waals surface area contributed by atoms with Gasteiger partial charge in [-0.3, -0.25) is 4.90 Å². The van der Waals surface area contributed by atoms with Crippen molar-refractivity contribution in [2.75, 3.05) is 13.6 Å². The van der Waals surface area contributed by atoms with Crippen molar-refractivity contribution in [2.45, 2.75) is 26.6 Å². The number of nitrogens with zero attached hydrogens (tertiary/aromatic N) is 2. The van der Waals surface area contributed by atoms with Gasteiger partial charge in [-0.15, -0.1) is 11.3 Å². The Bertz CT molecular complexity index is 511. The molecule has 0 aromatic carbocycles. The van der Waals surface area contributed by atoms with E-state index >= 15 is 0 Å². The van der Waals surface area contributed by atoms with E-state index < -0.39 is 0 Å². The van der Waals surface area contributed by atoms with E-state index in [9.17, 15) is 0 Å². The summed E-state index contributed by atoms with van der Waals surface area (Å²) in [7, 11) is 2.06. The normalized spacial score (nSPS) is 11.4. The molecule has 0 radical (unpaired) electrons. The summed E-state index contributed by atoms with van der Waals surface area (Å²) in [6.45, 7) is 5.36. The number of hydrogen-bond donors (Lipinski definition) is 1. The Labute approximate surface area is 122 Å². The fourth-order valence-electron chi connectivity index (χ4n) is 1.79. The molecule has 0 fully saturated rings. The number of rotatable bonds is 7. The molecule has 0 aliphatic rings. The Balaban J connectivity index is 1.84. The van der Waals surface area contributed by atoms with Gasteiger partial charge < -0.3 is 9.84 Å². The monoisotopic (exact) mass is 299 g/mol. The quantitative estimate of drug-likeness (QED) is 0.853. The fraction of sp³-hybridized carbons (Fsp3) is 0.462. The fourth-order valence-corrected chi connectivity index (χ4v) is 2.96. The first-order chi connectivity index (χ1) is 9.17. The minimum atomic E-state index is 0.745. The SMILES string of the molecule is CCNCc1cc(CN(C)Cc2ccc(Cl)s2)on1. The van der Waals surface area contributed by atoms with Crippen LogP contribution in [0.25, 0.3) is 0 Å². The Morgan fingerprint density at radius 2 is 2.26 bits per heavy atom. The number of hydrogen-bond acceptors (Lipinski definition) is 5. The molecule has 1 N–H and O–H groups in total. The topological polar surface area (TPSA) is 41.3 Å². The molecule has 2 aromatic heterocycles. The molecule has 2 aromatic rings. The molecule has 0 amide bonds. The van der Waals surface area contributed by atoms with Gasteiger partial charge in [0.25, 0.3) is 0 Å². The van der Waals surface area contributed by atoms with Crippen LogP contribution in [0, 0.1) is 0 Å². The Hall–Kier alpha value is -0.880. The zero-order valence-electron chi connectivity index (χ0n) is 11.1. The highest BCUT2D eigenvalue weighted by Crippen LogP contribution is 2.22. The van der Waals surface area contributed by atoms with Gasteiger partial charge >= 0.3 is 0 Å². The van der Waals surface area contributed by atoms with Gasteiger partial charge in [-0.1, -0.05) is 23.7 Å². The highest BCUT2D eigenvalue weighted by Gasteiger charge is 2.08. The average Bonchev–Trinajstić information content (AvgIpc) is 2.96. The van der Waals surface area contributed by atoms with Crippen molar-refractivity contribution in [3.8, 4) is 0 Å². The maximum Gasteiger partial charge on any atom is 0.151 e. The highest BCUT2D eigenvalue weighted by atomic mass is 35.5. The van der Waals surface area contributed by atoms with Gasteiger partial charge in [0.1, 0.15) is 0 Å². The van der Waals surface area contributed by atoms with Gasteiger partial charge in [-0.05, 0) is 25.7 Å². The molecule has 2 rings (SSSR count). The summed E-state index contributed by atoms with van der Waals surface area (Å²) >= 11 is 7.53. The molecule has 4 nitrogen and oxygen atoms in total. The van der Waals surface area contributed by atoms with Gasteiger partial charge in [0, 0.05) is 24.0 Å². The number of nitrogens with one attached hydrogen (secondary N) is 1. The third-order valence-corrected chi connectivity index (χ3v) is 3.86. The second-order valence-electron chi connectivity index (χ2n) is 4.44. The van der Waals surface area contributed by atoms with Crippen LogP contribution in [0.15, 0.2) is 22.7 Å². The molecule has 0 spiro atoms. The van der Waals surface area contributed by atoms with E-state index in [0.29, 0.717) is 0 Å². The molecule has 0 bridgehead atoms. The second-order valence-corrected chi connectivity index (χ2v) is 6.24. The van der Waals surface area contributed by atoms with Crippen LogP contribution in [-0.2, 0) is 19.6 Å². The lowest BCUT2D eigenvalue weighted by Crippen LogP contribution is -2.16. The maximum absolute atomic E-state index is 5.92. The molecule has 104 valence electrons. The predicted octanol–water partition coefficient (Wildman–Crippen LogP) is 3.13. The first-order valence-electron chi connectivity index (χ1n) is 6.25. The Morgan fingerprint density at radius 3 is 2.95 bits per heavy atom. The van der Waals surface area contributed by atoms with Crippen LogP contribution in [-0.4, -0.2) is 23.6 Å². The van der Waals surface area contributed by atoms with E-state index in [1.807, 2.05) is 12.1 Å². The van der Waals surface area contributed by atoms with Crippen LogP contribution >= 0.6 is 22.9 Å². The largest absolute Gasteiger partial charge is 0.360 e. The minimum absolute atomic E-state index is 0.745. The van der Waals surface area contributed by atoms with Crippen LogP contribution in [0.1, 0.15) is 23.3 Å². The lowest BCUT2D eigenvalue weighted by Gasteiger charge is -2.12. The second kappa shape index (κ2) is 7.05. The van der Waals surface area contributed by atoms with Crippen molar-refractivity contribution in [3.05, 3.63) is 38.9 Å². The van der Waals surface area contributed by atoms with E-state index in [4.69, 9.17) is 16.1 Å². The van der Waals surface area contributed by atoms with Crippen molar-refractivity contribution in [1.82, 2.24) is 15.4 Å². The summed E-state index contributed by atoms with van der Waals surface area (Å²) in [5.41, 5.74) is 0.949. The smallest absolute Gasteiger partial charge is 0.151 e. The van der Waals surface area contributed by atoms with Crippen LogP contribution in [0.2, 0.25) is 4.34 Å². The average molecular weight is 300 g/mol. The summed E-state index contributed by atoms with van der Waals surface area (Å²) in [5, 5.41) is 7.26. The van der Waals surface area contributed by atoms with Crippen LogP contribution in [0.5, 0.6) is 0 Å². The molecule has 0 aliphatic heterocycles. The summed E-state index contributed by atoms with van der Waals surface area (Å²) in [6, 6.07) is 5.99. The Morgan fingerprint density at radius 1 is 1.42 bits per heavy atom. The standard InChI is InChI=1S/C13H18ClN3OS/c1-3-15-7-10-6-11(18-16-10)8-17(2)9-12-4-5-13(14)19-12/h4-6,15H,3,7-9H2,1-2H3. The van der Waals surface area contributed by atoms with Gasteiger partial charge in [-0.2, -0.15) is 0 Å². The lowest BCUT2D eigenvalue weighted by atomic mass is 10.3. The van der Waals surface area contributed by atoms with Crippen LogP contribution in [0.3, 0.4) is 0 Å². The summed E-state index contributed by atoms with van der Waals surface area (Å²) in [6.07, 6.45) is 0. The van der Waals surface area contributed by atoms with E-state index in [0.717, 1.165) is 42.0 Å². The first kappa shape index (κ1) is 14.5. The zero-order chi connectivity index (χ0) is 13.7. The number of halogens is 1. The van der Waals surface area contributed by atoms with Gasteiger partial charge in [0.15, 0.2) is 5.76 Å². The summed E-state index contributed by atoms with van der Waals surface area (Å²) in [4.78, 5) is 3.43. The van der Waals surface area contributed by atoms with E-state index in [2.05, 4.69) is 35.4 Å². The lowest BCUT2D eigenvalue weighted by molar-refractivity contribution is 0.267. The van der Waals surface area contributed by atoms with E-state index in [1.165, 1.54) is 4.88 Å². The molecule has 0 saturated heterocycles. The summed E-state index contributed by atoms with van der Waals surface area (Å²) in [5.74, 6) is 0.887. The molecule has 19 heavy (non-hydrogen) atoms. The maximum atomic E-state index is 5.92. The number of thiophene rings is 1. The predicted molar refractivity (Wildman–Crippen MR) is 78.4 cm³/mol. The molecule has 0 aliphatic carbocycles. The highest BCUT2D eigenvalue weighted by molar-refractivity contribution is 7.16. The van der Waals surface area contributed by atoms with Crippen molar-refractivity contribution in [3.63, 3.8) is 0 Å². The van der Waals surface area contributed by atoms with Crippen LogP contribution in [0.4, 0.5) is 0 Å². The van der Waals surface area contributed by atoms with E-state index in [-0.39, 0.29) is 0 Å². The third-order valence-electron chi connectivity index (χ3n) is 2.64. The van der Waals surface area contributed by atoms with Crippen molar-refractivity contribution < 1.29 is 4.52 Å². The van der Waals surface area contributed by atoms with Gasteiger partial charge in [0.05, 0.1) is 16.6 Å². The summed E-state index contributed by atoms with van der Waals surface area (Å²) < 4.78 is 6.15.